The number of nitrogens with zero attached hydrogens (tertiary/aromatic N) is 2. The highest BCUT2D eigenvalue weighted by Gasteiger charge is 2.19. The molecule has 0 atom stereocenters. The standard InChI is InChI=1S/C12H11N3O4S/c1-7-13-5-9(20-7)6-14-8-2-3-10(12(16)17)11(4-8)15(18)19/h2-5,14H,6H2,1H3,(H,16,17). The molecule has 20 heavy (non-hydrogen) atoms. The molecule has 0 spiro atoms. The summed E-state index contributed by atoms with van der Waals surface area (Å²) in [6.45, 7) is 2.37. The molecule has 2 N–H and O–H groups in total. The molecule has 0 unspecified atom stereocenters. The van der Waals surface area contributed by atoms with Crippen molar-refractivity contribution in [2.75, 3.05) is 5.32 Å². The van der Waals surface area contributed by atoms with E-state index < -0.39 is 16.6 Å². The van der Waals surface area contributed by atoms with Gasteiger partial charge in [0.25, 0.3) is 5.69 Å². The molecular weight excluding hydrogens is 282 g/mol. The fourth-order valence-corrected chi connectivity index (χ4v) is 2.38. The molecule has 0 bridgehead atoms. The molecule has 7 nitrogen and oxygen atoms in total. The average Bonchev–Trinajstić information content (AvgIpc) is 2.81. The number of hydrogen-bond donors (Lipinski definition) is 2. The van der Waals surface area contributed by atoms with Crippen molar-refractivity contribution in [3.63, 3.8) is 0 Å². The Hall–Kier alpha value is -2.48. The van der Waals surface area contributed by atoms with Crippen LogP contribution >= 0.6 is 11.3 Å². The lowest BCUT2D eigenvalue weighted by Crippen LogP contribution is -2.04. The number of nitro groups is 1. The van der Waals surface area contributed by atoms with Crippen molar-refractivity contribution < 1.29 is 14.8 Å². The smallest absolute Gasteiger partial charge is 0.342 e. The molecule has 0 radical (unpaired) electrons. The number of anilines is 1. The van der Waals surface area contributed by atoms with Gasteiger partial charge >= 0.3 is 5.97 Å². The molecule has 0 fully saturated rings. The number of hydrogen-bond acceptors (Lipinski definition) is 6. The van der Waals surface area contributed by atoms with E-state index in [1.807, 2.05) is 6.92 Å². The molecule has 8 heteroatoms. The Labute approximate surface area is 118 Å². The van der Waals surface area contributed by atoms with Gasteiger partial charge in [-0.3, -0.25) is 10.1 Å². The quantitative estimate of drug-likeness (QED) is 0.648. The van der Waals surface area contributed by atoms with Crippen molar-refractivity contribution in [3.8, 4) is 0 Å². The lowest BCUT2D eigenvalue weighted by molar-refractivity contribution is -0.385. The SMILES string of the molecule is Cc1ncc(CNc2ccc(C(=O)O)c([N+](=O)[O-])c2)s1. The number of carboxylic acids is 1. The first-order valence-corrected chi connectivity index (χ1v) is 6.46. The number of aromatic carboxylic acids is 1. The Morgan fingerprint density at radius 2 is 2.30 bits per heavy atom. The maximum absolute atomic E-state index is 10.9. The summed E-state index contributed by atoms with van der Waals surface area (Å²) in [4.78, 5) is 26.1. The highest BCUT2D eigenvalue weighted by atomic mass is 32.1. The zero-order valence-electron chi connectivity index (χ0n) is 10.5. The molecule has 0 saturated carbocycles. The van der Waals surface area contributed by atoms with Crippen LogP contribution in [0.15, 0.2) is 24.4 Å². The normalized spacial score (nSPS) is 10.2. The van der Waals surface area contributed by atoms with E-state index in [-0.39, 0.29) is 5.56 Å². The van der Waals surface area contributed by atoms with Crippen molar-refractivity contribution in [1.29, 1.82) is 0 Å². The summed E-state index contributed by atoms with van der Waals surface area (Å²) in [5.41, 5.74) is -0.259. The van der Waals surface area contributed by atoms with Gasteiger partial charge in [0.15, 0.2) is 0 Å². The van der Waals surface area contributed by atoms with Gasteiger partial charge < -0.3 is 10.4 Å². The maximum Gasteiger partial charge on any atom is 0.342 e. The third kappa shape index (κ3) is 3.09. The first-order chi connectivity index (χ1) is 9.47. The molecule has 1 heterocycles. The van der Waals surface area contributed by atoms with Gasteiger partial charge in [0, 0.05) is 22.8 Å². The van der Waals surface area contributed by atoms with Crippen LogP contribution < -0.4 is 5.32 Å². The summed E-state index contributed by atoms with van der Waals surface area (Å²) >= 11 is 1.52. The fourth-order valence-electron chi connectivity index (χ4n) is 1.65. The summed E-state index contributed by atoms with van der Waals surface area (Å²) in [6, 6.07) is 3.95. The second-order valence-corrected chi connectivity index (χ2v) is 5.31. The molecule has 0 aliphatic heterocycles. The van der Waals surface area contributed by atoms with Gasteiger partial charge in [-0.25, -0.2) is 9.78 Å². The fraction of sp³-hybridized carbons (Fsp3) is 0.167. The van der Waals surface area contributed by atoms with E-state index in [4.69, 9.17) is 5.11 Å². The van der Waals surface area contributed by atoms with E-state index in [2.05, 4.69) is 10.3 Å². The molecule has 0 amide bonds. The average molecular weight is 293 g/mol. The maximum atomic E-state index is 10.9. The predicted molar refractivity (Wildman–Crippen MR) is 74.2 cm³/mol. The largest absolute Gasteiger partial charge is 0.477 e. The van der Waals surface area contributed by atoms with Crippen LogP contribution in [0.5, 0.6) is 0 Å². The van der Waals surface area contributed by atoms with Crippen LogP contribution in [0, 0.1) is 17.0 Å². The van der Waals surface area contributed by atoms with Crippen LogP contribution in [0.2, 0.25) is 0 Å². The molecule has 1 aromatic heterocycles. The number of rotatable bonds is 5. The van der Waals surface area contributed by atoms with Crippen molar-refractivity contribution in [1.82, 2.24) is 4.98 Å². The van der Waals surface area contributed by atoms with E-state index in [0.717, 1.165) is 9.88 Å². The van der Waals surface area contributed by atoms with E-state index >= 15 is 0 Å². The van der Waals surface area contributed by atoms with Crippen molar-refractivity contribution in [2.45, 2.75) is 13.5 Å². The van der Waals surface area contributed by atoms with E-state index in [0.29, 0.717) is 12.2 Å². The molecule has 1 aromatic carbocycles. The highest BCUT2D eigenvalue weighted by Crippen LogP contribution is 2.24. The van der Waals surface area contributed by atoms with Gasteiger partial charge in [-0.05, 0) is 19.1 Å². The van der Waals surface area contributed by atoms with Gasteiger partial charge in [-0.2, -0.15) is 0 Å². The number of carboxylic acid groups (broad SMARTS) is 1. The van der Waals surface area contributed by atoms with E-state index in [1.165, 1.54) is 29.5 Å². The molecule has 104 valence electrons. The topological polar surface area (TPSA) is 105 Å². The Morgan fingerprint density at radius 3 is 2.85 bits per heavy atom. The Bertz CT molecular complexity index is 668. The van der Waals surface area contributed by atoms with Gasteiger partial charge in [0.05, 0.1) is 16.5 Å². The van der Waals surface area contributed by atoms with Crippen LogP contribution in [0.1, 0.15) is 20.2 Å². The lowest BCUT2D eigenvalue weighted by atomic mass is 10.1. The number of thiazole rings is 1. The number of benzene rings is 1. The molecule has 0 aliphatic rings. The third-order valence-electron chi connectivity index (χ3n) is 2.56. The monoisotopic (exact) mass is 293 g/mol. The van der Waals surface area contributed by atoms with E-state index in [1.54, 1.807) is 6.20 Å². The molecular formula is C12H11N3O4S. The van der Waals surface area contributed by atoms with Crippen LogP contribution in [0.4, 0.5) is 11.4 Å². The first-order valence-electron chi connectivity index (χ1n) is 5.64. The van der Waals surface area contributed by atoms with Crippen LogP contribution in [0.25, 0.3) is 0 Å². The predicted octanol–water partition coefficient (Wildman–Crippen LogP) is 2.67. The number of aryl methyl sites for hydroxylation is 1. The summed E-state index contributed by atoms with van der Waals surface area (Å²) < 4.78 is 0. The van der Waals surface area contributed by atoms with Crippen molar-refractivity contribution in [3.05, 3.63) is 50.0 Å². The summed E-state index contributed by atoms with van der Waals surface area (Å²) in [5, 5.41) is 23.7. The minimum Gasteiger partial charge on any atom is -0.477 e. The summed E-state index contributed by atoms with van der Waals surface area (Å²) in [6.07, 6.45) is 1.73. The third-order valence-corrected chi connectivity index (χ3v) is 3.47. The summed E-state index contributed by atoms with van der Waals surface area (Å²) in [5.74, 6) is -1.32. The van der Waals surface area contributed by atoms with E-state index in [9.17, 15) is 14.9 Å². The number of nitrogens with one attached hydrogen (secondary N) is 1. The van der Waals surface area contributed by atoms with Crippen LogP contribution in [-0.4, -0.2) is 21.0 Å². The number of nitro benzene ring substituents is 1. The van der Waals surface area contributed by atoms with Crippen molar-refractivity contribution >= 4 is 28.7 Å². The Kier molecular flexibility index (Phi) is 3.94. The second kappa shape index (κ2) is 5.66. The molecule has 2 rings (SSSR count). The van der Waals surface area contributed by atoms with Gasteiger partial charge in [0.1, 0.15) is 5.56 Å². The molecule has 0 aliphatic carbocycles. The Balaban J connectivity index is 2.18. The zero-order chi connectivity index (χ0) is 14.7. The minimum atomic E-state index is -1.32. The second-order valence-electron chi connectivity index (χ2n) is 3.99. The van der Waals surface area contributed by atoms with Crippen LogP contribution in [0.3, 0.4) is 0 Å². The number of aromatic nitrogens is 1. The minimum absolute atomic E-state index is 0.325. The van der Waals surface area contributed by atoms with Gasteiger partial charge in [-0.15, -0.1) is 11.3 Å². The van der Waals surface area contributed by atoms with Crippen LogP contribution in [-0.2, 0) is 6.54 Å². The van der Waals surface area contributed by atoms with Crippen molar-refractivity contribution in [2.24, 2.45) is 0 Å². The van der Waals surface area contributed by atoms with Gasteiger partial charge in [-0.1, -0.05) is 0 Å². The molecule has 2 aromatic rings. The number of carbonyl (C=O) groups is 1. The first kappa shape index (κ1) is 13.9. The Morgan fingerprint density at radius 1 is 1.55 bits per heavy atom. The zero-order valence-corrected chi connectivity index (χ0v) is 11.3. The highest BCUT2D eigenvalue weighted by molar-refractivity contribution is 7.11. The van der Waals surface area contributed by atoms with Gasteiger partial charge in [0.2, 0.25) is 0 Å². The molecule has 0 saturated heterocycles. The lowest BCUT2D eigenvalue weighted by Gasteiger charge is -2.05. The summed E-state index contributed by atoms with van der Waals surface area (Å²) in [7, 11) is 0.